The lowest BCUT2D eigenvalue weighted by molar-refractivity contribution is -0.120. The molecule has 0 heterocycles. The summed E-state index contributed by atoms with van der Waals surface area (Å²) in [7, 11) is -0.641. The van der Waals surface area contributed by atoms with Crippen LogP contribution in [0, 0.1) is 0 Å². The number of sulfonamides is 1. The van der Waals surface area contributed by atoms with Crippen molar-refractivity contribution in [3.8, 4) is 17.2 Å². The van der Waals surface area contributed by atoms with E-state index in [0.29, 0.717) is 29.5 Å². The molecule has 9 heteroatoms. The van der Waals surface area contributed by atoms with Gasteiger partial charge in [0.2, 0.25) is 15.9 Å². The van der Waals surface area contributed by atoms with Crippen LogP contribution in [0.1, 0.15) is 25.5 Å². The molecular formula is C21H28N2O6S. The SMILES string of the molecule is CCOc1ccccc1N(CC(=O)NC(C)c1ccc(OC)c(OC)c1)S(C)(=O)=O. The number of para-hydroxylation sites is 2. The zero-order valence-electron chi connectivity index (χ0n) is 17.8. The summed E-state index contributed by atoms with van der Waals surface area (Å²) in [4.78, 5) is 12.7. The molecule has 2 aromatic rings. The van der Waals surface area contributed by atoms with Crippen molar-refractivity contribution in [1.29, 1.82) is 0 Å². The Hall–Kier alpha value is -2.94. The van der Waals surface area contributed by atoms with Gasteiger partial charge in [-0.15, -0.1) is 0 Å². The van der Waals surface area contributed by atoms with Crippen LogP contribution in [0.25, 0.3) is 0 Å². The summed E-state index contributed by atoms with van der Waals surface area (Å²) in [5.74, 6) is 1.07. The number of carbonyl (C=O) groups is 1. The summed E-state index contributed by atoms with van der Waals surface area (Å²) in [5.41, 5.74) is 1.11. The third-order valence-electron chi connectivity index (χ3n) is 4.41. The second-order valence-electron chi connectivity index (χ2n) is 6.57. The lowest BCUT2D eigenvalue weighted by atomic mass is 10.1. The maximum Gasteiger partial charge on any atom is 0.241 e. The molecule has 1 N–H and O–H groups in total. The van der Waals surface area contributed by atoms with Crippen molar-refractivity contribution >= 4 is 21.6 Å². The topological polar surface area (TPSA) is 94.2 Å². The number of anilines is 1. The van der Waals surface area contributed by atoms with E-state index < -0.39 is 15.9 Å². The highest BCUT2D eigenvalue weighted by Gasteiger charge is 2.24. The molecule has 2 rings (SSSR count). The van der Waals surface area contributed by atoms with Gasteiger partial charge in [-0.3, -0.25) is 9.10 Å². The largest absolute Gasteiger partial charge is 0.493 e. The smallest absolute Gasteiger partial charge is 0.241 e. The van der Waals surface area contributed by atoms with E-state index in [1.165, 1.54) is 7.11 Å². The van der Waals surface area contributed by atoms with Crippen LogP contribution in [0.2, 0.25) is 0 Å². The first-order chi connectivity index (χ1) is 14.2. The molecule has 0 aromatic heterocycles. The Balaban J connectivity index is 2.21. The van der Waals surface area contributed by atoms with E-state index in [1.54, 1.807) is 57.4 Å². The van der Waals surface area contributed by atoms with Gasteiger partial charge in [0.1, 0.15) is 12.3 Å². The average Bonchev–Trinajstić information content (AvgIpc) is 2.71. The van der Waals surface area contributed by atoms with Crippen LogP contribution in [-0.2, 0) is 14.8 Å². The second-order valence-corrected chi connectivity index (χ2v) is 8.48. The number of carbonyl (C=O) groups excluding carboxylic acids is 1. The molecule has 2 aromatic carbocycles. The number of benzene rings is 2. The molecule has 0 aliphatic rings. The van der Waals surface area contributed by atoms with E-state index in [1.807, 2.05) is 6.07 Å². The van der Waals surface area contributed by atoms with Gasteiger partial charge in [0, 0.05) is 0 Å². The van der Waals surface area contributed by atoms with Crippen LogP contribution >= 0.6 is 0 Å². The van der Waals surface area contributed by atoms with E-state index in [9.17, 15) is 13.2 Å². The highest BCUT2D eigenvalue weighted by atomic mass is 32.2. The normalized spacial score (nSPS) is 12.0. The van der Waals surface area contributed by atoms with Crippen molar-refractivity contribution in [1.82, 2.24) is 5.32 Å². The van der Waals surface area contributed by atoms with Gasteiger partial charge in [0.15, 0.2) is 11.5 Å². The van der Waals surface area contributed by atoms with Gasteiger partial charge in [-0.25, -0.2) is 8.42 Å². The standard InChI is InChI=1S/C21H28N2O6S/c1-6-29-18-10-8-7-9-17(18)23(30(5,25)26)14-21(24)22-15(2)16-11-12-19(27-3)20(13-16)28-4/h7-13,15H,6,14H2,1-5H3,(H,22,24). The summed E-state index contributed by atoms with van der Waals surface area (Å²) < 4.78 is 41.9. The molecule has 0 aliphatic carbocycles. The number of rotatable bonds is 10. The van der Waals surface area contributed by atoms with Gasteiger partial charge in [-0.05, 0) is 43.7 Å². The van der Waals surface area contributed by atoms with Crippen molar-refractivity contribution in [2.75, 3.05) is 37.9 Å². The molecule has 0 spiro atoms. The predicted molar refractivity (Wildman–Crippen MR) is 116 cm³/mol. The third-order valence-corrected chi connectivity index (χ3v) is 5.53. The molecule has 0 aliphatic heterocycles. The zero-order valence-corrected chi connectivity index (χ0v) is 18.7. The van der Waals surface area contributed by atoms with Crippen LogP contribution in [0.15, 0.2) is 42.5 Å². The van der Waals surface area contributed by atoms with Crippen molar-refractivity contribution < 1.29 is 27.4 Å². The fourth-order valence-corrected chi connectivity index (χ4v) is 3.80. The monoisotopic (exact) mass is 436 g/mol. The van der Waals surface area contributed by atoms with E-state index in [4.69, 9.17) is 14.2 Å². The molecule has 8 nitrogen and oxygen atoms in total. The van der Waals surface area contributed by atoms with Crippen molar-refractivity contribution in [3.05, 3.63) is 48.0 Å². The van der Waals surface area contributed by atoms with Gasteiger partial charge >= 0.3 is 0 Å². The van der Waals surface area contributed by atoms with Gasteiger partial charge in [0.25, 0.3) is 0 Å². The van der Waals surface area contributed by atoms with E-state index in [0.717, 1.165) is 16.1 Å². The fraction of sp³-hybridized carbons (Fsp3) is 0.381. The average molecular weight is 437 g/mol. The van der Waals surface area contributed by atoms with Crippen LogP contribution in [0.5, 0.6) is 17.2 Å². The number of nitrogens with zero attached hydrogens (tertiary/aromatic N) is 1. The molecule has 164 valence electrons. The maximum atomic E-state index is 12.7. The molecular weight excluding hydrogens is 408 g/mol. The van der Waals surface area contributed by atoms with E-state index >= 15 is 0 Å². The molecule has 0 saturated carbocycles. The zero-order chi connectivity index (χ0) is 22.3. The highest BCUT2D eigenvalue weighted by molar-refractivity contribution is 7.92. The summed E-state index contributed by atoms with van der Waals surface area (Å²) in [6.07, 6.45) is 1.06. The van der Waals surface area contributed by atoms with E-state index in [-0.39, 0.29) is 12.6 Å². The first-order valence-corrected chi connectivity index (χ1v) is 11.3. The number of nitrogens with one attached hydrogen (secondary N) is 1. The highest BCUT2D eigenvalue weighted by Crippen LogP contribution is 2.31. The van der Waals surface area contributed by atoms with E-state index in [2.05, 4.69) is 5.32 Å². The number of methoxy groups -OCH3 is 2. The Kier molecular flexibility index (Phi) is 7.93. The van der Waals surface area contributed by atoms with Crippen molar-refractivity contribution in [2.45, 2.75) is 19.9 Å². The Morgan fingerprint density at radius 1 is 1.07 bits per heavy atom. The van der Waals surface area contributed by atoms with Crippen LogP contribution in [0.4, 0.5) is 5.69 Å². The number of hydrogen-bond acceptors (Lipinski definition) is 6. The second kappa shape index (κ2) is 10.2. The summed E-state index contributed by atoms with van der Waals surface area (Å²) in [6.45, 7) is 3.61. The summed E-state index contributed by atoms with van der Waals surface area (Å²) in [5, 5.41) is 2.83. The number of amides is 1. The van der Waals surface area contributed by atoms with Gasteiger partial charge in [-0.1, -0.05) is 18.2 Å². The van der Waals surface area contributed by atoms with Gasteiger partial charge in [-0.2, -0.15) is 0 Å². The predicted octanol–water partition coefficient (Wildman–Crippen LogP) is 2.75. The minimum atomic E-state index is -3.72. The molecule has 1 atom stereocenters. The van der Waals surface area contributed by atoms with Crippen molar-refractivity contribution in [3.63, 3.8) is 0 Å². The minimum absolute atomic E-state index is 0.316. The Labute approximate surface area is 177 Å². The van der Waals surface area contributed by atoms with Crippen LogP contribution in [-0.4, -0.2) is 48.0 Å². The molecule has 0 saturated heterocycles. The van der Waals surface area contributed by atoms with Gasteiger partial charge in [0.05, 0.1) is 38.8 Å². The number of hydrogen-bond donors (Lipinski definition) is 1. The third kappa shape index (κ3) is 5.79. The lowest BCUT2D eigenvalue weighted by Crippen LogP contribution is -2.41. The Bertz CT molecular complexity index is 977. The molecule has 0 fully saturated rings. The molecule has 30 heavy (non-hydrogen) atoms. The molecule has 0 bridgehead atoms. The quantitative estimate of drug-likeness (QED) is 0.616. The first-order valence-electron chi connectivity index (χ1n) is 9.42. The molecule has 1 amide bonds. The summed E-state index contributed by atoms with van der Waals surface area (Å²) in [6, 6.07) is 11.7. The first kappa shape index (κ1) is 23.3. The number of ether oxygens (including phenoxy) is 3. The fourth-order valence-electron chi connectivity index (χ4n) is 2.94. The lowest BCUT2D eigenvalue weighted by Gasteiger charge is -2.25. The Morgan fingerprint density at radius 2 is 1.73 bits per heavy atom. The van der Waals surface area contributed by atoms with Crippen LogP contribution < -0.4 is 23.8 Å². The maximum absolute atomic E-state index is 12.7. The summed E-state index contributed by atoms with van der Waals surface area (Å²) >= 11 is 0. The van der Waals surface area contributed by atoms with Crippen LogP contribution in [0.3, 0.4) is 0 Å². The van der Waals surface area contributed by atoms with Crippen molar-refractivity contribution in [2.24, 2.45) is 0 Å². The Morgan fingerprint density at radius 3 is 2.33 bits per heavy atom. The molecule has 0 radical (unpaired) electrons. The molecule has 1 unspecified atom stereocenters. The minimum Gasteiger partial charge on any atom is -0.493 e. The van der Waals surface area contributed by atoms with Gasteiger partial charge < -0.3 is 19.5 Å².